The zero-order valence-corrected chi connectivity index (χ0v) is 24.3. The molecule has 0 fully saturated rings. The molecule has 0 spiro atoms. The summed E-state index contributed by atoms with van der Waals surface area (Å²) in [6.07, 6.45) is 0. The average molecular weight is 420 g/mol. The van der Waals surface area contributed by atoms with E-state index >= 15 is 0 Å². The van der Waals surface area contributed by atoms with Gasteiger partial charge in [-0.15, -0.1) is 5.73 Å². The summed E-state index contributed by atoms with van der Waals surface area (Å²) in [7, 11) is 0. The fourth-order valence-electron chi connectivity index (χ4n) is 1.44. The van der Waals surface area contributed by atoms with Crippen molar-refractivity contribution in [2.45, 2.75) is 0 Å². The van der Waals surface area contributed by atoms with Crippen LogP contribution in [0.2, 0.25) is 0 Å². The molecular formula is C13H16N2Na4O8. The van der Waals surface area contributed by atoms with Crippen molar-refractivity contribution in [1.29, 1.82) is 0 Å². The van der Waals surface area contributed by atoms with Gasteiger partial charge in [0.05, 0.1) is 23.9 Å². The summed E-state index contributed by atoms with van der Waals surface area (Å²) < 4.78 is 0. The van der Waals surface area contributed by atoms with E-state index in [4.69, 9.17) is 0 Å². The molecule has 0 aliphatic heterocycles. The summed E-state index contributed by atoms with van der Waals surface area (Å²) >= 11 is 0. The van der Waals surface area contributed by atoms with E-state index in [0.717, 1.165) is 9.80 Å². The summed E-state index contributed by atoms with van der Waals surface area (Å²) in [4.78, 5) is 43.4. The second-order valence-corrected chi connectivity index (χ2v) is 4.16. The SMILES string of the molecule is C=C=C.O=C([O-])CN(CCN(CC(=O)[O-])CC(=O)[O-])CC(=O)[O-].[Na+].[Na+].[Na+].[Na+]. The minimum atomic E-state index is -1.53. The first-order chi connectivity index (χ1) is 10.6. The minimum absolute atomic E-state index is 0. The van der Waals surface area contributed by atoms with Gasteiger partial charge in [0.2, 0.25) is 0 Å². The molecule has 0 unspecified atom stereocenters. The molecule has 10 nitrogen and oxygen atoms in total. The molecule has 0 aromatic rings. The molecule has 0 aliphatic carbocycles. The molecule has 0 N–H and O–H groups in total. The maximum Gasteiger partial charge on any atom is 1.00 e. The smallest absolute Gasteiger partial charge is 0.549 e. The Morgan fingerprint density at radius 3 is 0.852 bits per heavy atom. The Labute approximate surface area is 246 Å². The molecule has 0 aromatic heterocycles. The van der Waals surface area contributed by atoms with Crippen LogP contribution in [0.1, 0.15) is 0 Å². The Hall–Kier alpha value is 1.32. The molecule has 0 aromatic carbocycles. The predicted octanol–water partition coefficient (Wildman–Crippen LogP) is -18.4. The minimum Gasteiger partial charge on any atom is -0.549 e. The van der Waals surface area contributed by atoms with E-state index in [-0.39, 0.29) is 131 Å². The van der Waals surface area contributed by atoms with E-state index in [1.807, 2.05) is 0 Å². The summed E-state index contributed by atoms with van der Waals surface area (Å²) in [6, 6.07) is 0. The maximum absolute atomic E-state index is 10.4. The summed E-state index contributed by atoms with van der Waals surface area (Å²) in [5, 5.41) is 41.6. The normalized spacial score (nSPS) is 8.22. The predicted molar refractivity (Wildman–Crippen MR) is 67.7 cm³/mol. The van der Waals surface area contributed by atoms with Crippen LogP contribution in [0.15, 0.2) is 18.9 Å². The molecule has 130 valence electrons. The first-order valence-electron chi connectivity index (χ1n) is 6.15. The molecule has 0 rings (SSSR count). The number of rotatable bonds is 11. The van der Waals surface area contributed by atoms with Crippen LogP contribution in [-0.2, 0) is 19.2 Å². The zero-order chi connectivity index (χ0) is 18.4. The molecule has 0 atom stereocenters. The fourth-order valence-corrected chi connectivity index (χ4v) is 1.44. The third kappa shape index (κ3) is 35.2. The summed E-state index contributed by atoms with van der Waals surface area (Å²) in [6.45, 7) is 3.00. The third-order valence-electron chi connectivity index (χ3n) is 2.14. The third-order valence-corrected chi connectivity index (χ3v) is 2.14. The molecule has 0 radical (unpaired) electrons. The average Bonchev–Trinajstić information content (AvgIpc) is 2.33. The van der Waals surface area contributed by atoms with Crippen LogP contribution in [0.4, 0.5) is 0 Å². The van der Waals surface area contributed by atoms with Gasteiger partial charge in [-0.2, -0.15) is 0 Å². The first kappa shape index (κ1) is 42.4. The number of carbonyl (C=O) groups is 4. The van der Waals surface area contributed by atoms with Gasteiger partial charge in [-0.25, -0.2) is 0 Å². The van der Waals surface area contributed by atoms with Crippen molar-refractivity contribution in [3.63, 3.8) is 0 Å². The largest absolute Gasteiger partial charge is 1.00 e. The molecule has 0 saturated heterocycles. The van der Waals surface area contributed by atoms with Gasteiger partial charge in [0.15, 0.2) is 0 Å². The fraction of sp³-hybridized carbons (Fsp3) is 0.462. The van der Waals surface area contributed by atoms with E-state index < -0.39 is 50.1 Å². The van der Waals surface area contributed by atoms with Gasteiger partial charge in [0.25, 0.3) is 0 Å². The molecule has 0 bridgehead atoms. The summed E-state index contributed by atoms with van der Waals surface area (Å²) in [5.74, 6) is -6.12. The van der Waals surface area contributed by atoms with Crippen LogP contribution in [-0.4, -0.2) is 72.9 Å². The van der Waals surface area contributed by atoms with E-state index in [9.17, 15) is 39.6 Å². The summed E-state index contributed by atoms with van der Waals surface area (Å²) in [5.41, 5.74) is 2.25. The Kier molecular flexibility index (Phi) is 42.9. The Bertz CT molecular complexity index is 405. The van der Waals surface area contributed by atoms with Gasteiger partial charge in [0.1, 0.15) is 0 Å². The van der Waals surface area contributed by atoms with Crippen molar-refractivity contribution >= 4 is 23.9 Å². The Morgan fingerprint density at radius 2 is 0.741 bits per heavy atom. The second-order valence-electron chi connectivity index (χ2n) is 4.16. The number of aliphatic carboxylic acids is 4. The number of nitrogens with zero attached hydrogens (tertiary/aromatic N) is 2. The topological polar surface area (TPSA) is 167 Å². The van der Waals surface area contributed by atoms with Gasteiger partial charge in [-0.05, 0) is 0 Å². The van der Waals surface area contributed by atoms with E-state index in [1.54, 1.807) is 0 Å². The first-order valence-corrected chi connectivity index (χ1v) is 6.15. The van der Waals surface area contributed by atoms with Crippen LogP contribution >= 0.6 is 0 Å². The number of hydrogen-bond donors (Lipinski definition) is 0. The van der Waals surface area contributed by atoms with Gasteiger partial charge in [-0.1, -0.05) is 13.2 Å². The molecule has 27 heavy (non-hydrogen) atoms. The van der Waals surface area contributed by atoms with Crippen LogP contribution in [0.3, 0.4) is 0 Å². The quantitative estimate of drug-likeness (QED) is 0.231. The molecule has 0 amide bonds. The molecule has 0 aliphatic rings. The Balaban J connectivity index is -0.000000147. The van der Waals surface area contributed by atoms with Crippen molar-refractivity contribution in [3.8, 4) is 0 Å². The van der Waals surface area contributed by atoms with Crippen LogP contribution < -0.4 is 139 Å². The van der Waals surface area contributed by atoms with Crippen molar-refractivity contribution < 1.29 is 158 Å². The second kappa shape index (κ2) is 27.3. The molecule has 14 heteroatoms. The number of carbonyl (C=O) groups excluding carboxylic acids is 4. The van der Waals surface area contributed by atoms with E-state index in [2.05, 4.69) is 18.9 Å². The van der Waals surface area contributed by atoms with Gasteiger partial charge >= 0.3 is 118 Å². The molecule has 0 heterocycles. The van der Waals surface area contributed by atoms with Gasteiger partial charge in [0, 0.05) is 39.3 Å². The maximum atomic E-state index is 10.4. The van der Waals surface area contributed by atoms with E-state index in [0.29, 0.717) is 0 Å². The molecular weight excluding hydrogens is 404 g/mol. The number of carboxylic acid groups (broad SMARTS) is 4. The van der Waals surface area contributed by atoms with Crippen molar-refractivity contribution in [2.75, 3.05) is 39.3 Å². The van der Waals surface area contributed by atoms with E-state index in [1.165, 1.54) is 0 Å². The van der Waals surface area contributed by atoms with Crippen LogP contribution in [0, 0.1) is 0 Å². The van der Waals surface area contributed by atoms with Crippen molar-refractivity contribution in [1.82, 2.24) is 9.80 Å². The van der Waals surface area contributed by atoms with Crippen LogP contribution in [0.25, 0.3) is 0 Å². The van der Waals surface area contributed by atoms with Crippen LogP contribution in [0.5, 0.6) is 0 Å². The van der Waals surface area contributed by atoms with Crippen molar-refractivity contribution in [3.05, 3.63) is 18.9 Å². The van der Waals surface area contributed by atoms with Gasteiger partial charge < -0.3 is 39.6 Å². The number of hydrogen-bond acceptors (Lipinski definition) is 10. The van der Waals surface area contributed by atoms with Crippen molar-refractivity contribution in [2.24, 2.45) is 0 Å². The van der Waals surface area contributed by atoms with Gasteiger partial charge in [-0.3, -0.25) is 9.80 Å². The monoisotopic (exact) mass is 420 g/mol. The standard InChI is InChI=1S/C10H16N2O8.C3H4.4Na/c13-7(14)3-11(4-8(15)16)1-2-12(5-9(17)18)6-10(19)20;1-3-2;;;;/h1-6H2,(H,13,14)(H,15,16)(H,17,18)(H,19,20);1-2H2;;;;/q;;4*+1/p-4. The number of carboxylic acids is 4. The zero-order valence-electron chi connectivity index (χ0n) is 16.3. The molecule has 0 saturated carbocycles. The Morgan fingerprint density at radius 1 is 0.593 bits per heavy atom.